The molecule has 1 saturated carbocycles. The Hall–Kier alpha value is -3.11. The number of likely N-dealkylation sites (tertiary alicyclic amines) is 1. The summed E-state index contributed by atoms with van der Waals surface area (Å²) in [6.07, 6.45) is 6.90. The fraction of sp³-hybridized carbons (Fsp3) is 0.593. The van der Waals surface area contributed by atoms with Crippen molar-refractivity contribution >= 4 is 11.9 Å². The topological polar surface area (TPSA) is 67.8 Å². The molecule has 2 saturated heterocycles. The molecule has 2 atom stereocenters. The van der Waals surface area contributed by atoms with Gasteiger partial charge in [0, 0.05) is 30.8 Å². The van der Waals surface area contributed by atoms with E-state index in [0.717, 1.165) is 61.8 Å². The minimum atomic E-state index is -2.92. The van der Waals surface area contributed by atoms with E-state index in [0.29, 0.717) is 36.7 Å². The van der Waals surface area contributed by atoms with Gasteiger partial charge in [0.25, 0.3) is 5.92 Å². The molecule has 3 aliphatic rings. The van der Waals surface area contributed by atoms with Crippen molar-refractivity contribution in [3.8, 4) is 11.5 Å². The van der Waals surface area contributed by atoms with Crippen LogP contribution in [0.3, 0.4) is 0 Å². The molecule has 1 aliphatic carbocycles. The lowest BCUT2D eigenvalue weighted by atomic mass is 9.90. The third kappa shape index (κ3) is 6.13. The van der Waals surface area contributed by atoms with Crippen molar-refractivity contribution in [1.82, 2.24) is 14.9 Å². The monoisotopic (exact) mass is 536 g/mol. The number of hydrogen-bond donors (Lipinski definition) is 0. The second-order valence-corrected chi connectivity index (χ2v) is 10.4. The average Bonchev–Trinajstić information content (AvgIpc) is 3.65. The maximum Gasteiger partial charge on any atom is 0.282 e. The molecule has 38 heavy (non-hydrogen) atoms. The first-order valence-electron chi connectivity index (χ1n) is 13.2. The number of alkyl halides is 2. The lowest BCUT2D eigenvalue weighted by Crippen LogP contribution is -2.58. The average molecular weight is 537 g/mol. The van der Waals surface area contributed by atoms with Gasteiger partial charge in [0.2, 0.25) is 11.9 Å². The van der Waals surface area contributed by atoms with Crippen LogP contribution in [0.5, 0.6) is 11.5 Å². The number of carbonyl (C=O) groups excluding carboxylic acids is 1. The van der Waals surface area contributed by atoms with E-state index in [4.69, 9.17) is 9.47 Å². The van der Waals surface area contributed by atoms with Crippen molar-refractivity contribution in [3.05, 3.63) is 41.7 Å². The molecular formula is C27H32F4N4O3. The van der Waals surface area contributed by atoms with Crippen molar-refractivity contribution in [3.63, 3.8) is 0 Å². The minimum absolute atomic E-state index is 0.0625. The van der Waals surface area contributed by atoms with Crippen LogP contribution in [0.15, 0.2) is 24.5 Å². The smallest absolute Gasteiger partial charge is 0.282 e. The van der Waals surface area contributed by atoms with Gasteiger partial charge in [0.1, 0.15) is 17.4 Å². The molecule has 1 aromatic carbocycles. The molecule has 3 heterocycles. The number of rotatable bonds is 10. The third-order valence-electron chi connectivity index (χ3n) is 7.73. The van der Waals surface area contributed by atoms with Crippen LogP contribution in [-0.2, 0) is 11.2 Å². The van der Waals surface area contributed by atoms with Gasteiger partial charge in [-0.05, 0) is 50.4 Å². The highest BCUT2D eigenvalue weighted by Gasteiger charge is 2.46. The van der Waals surface area contributed by atoms with Crippen LogP contribution >= 0.6 is 0 Å². The SMILES string of the molecule is CCOc1cnc(N2CCC([C@H]3C[C@H]3CCOc3cc(F)c(CC(=O)N4CC(F)(F)C4)c(F)c3)CC2)nc1. The first-order chi connectivity index (χ1) is 18.2. The zero-order chi connectivity index (χ0) is 26.9. The molecule has 3 fully saturated rings. The Morgan fingerprint density at radius 2 is 1.71 bits per heavy atom. The number of amides is 1. The molecule has 11 heteroatoms. The Morgan fingerprint density at radius 3 is 2.32 bits per heavy atom. The lowest BCUT2D eigenvalue weighted by molar-refractivity contribution is -0.165. The second-order valence-electron chi connectivity index (χ2n) is 10.4. The van der Waals surface area contributed by atoms with E-state index in [2.05, 4.69) is 14.9 Å². The molecule has 0 spiro atoms. The van der Waals surface area contributed by atoms with Crippen LogP contribution in [0.2, 0.25) is 0 Å². The van der Waals surface area contributed by atoms with Crippen LogP contribution in [0.4, 0.5) is 23.5 Å². The number of nitrogens with zero attached hydrogens (tertiary/aromatic N) is 4. The molecule has 5 rings (SSSR count). The predicted molar refractivity (Wildman–Crippen MR) is 131 cm³/mol. The van der Waals surface area contributed by atoms with E-state index >= 15 is 0 Å². The van der Waals surface area contributed by atoms with Crippen LogP contribution in [0.25, 0.3) is 0 Å². The molecule has 206 valence electrons. The van der Waals surface area contributed by atoms with E-state index in [-0.39, 0.29) is 5.75 Å². The van der Waals surface area contributed by atoms with Gasteiger partial charge in [0.05, 0.1) is 45.1 Å². The van der Waals surface area contributed by atoms with Gasteiger partial charge >= 0.3 is 0 Å². The summed E-state index contributed by atoms with van der Waals surface area (Å²) in [5.74, 6) is -2.20. The van der Waals surface area contributed by atoms with Crippen molar-refractivity contribution in [2.24, 2.45) is 17.8 Å². The number of benzene rings is 1. The van der Waals surface area contributed by atoms with E-state index < -0.39 is 48.5 Å². The molecule has 0 bridgehead atoms. The largest absolute Gasteiger partial charge is 0.493 e. The molecule has 0 unspecified atom stereocenters. The fourth-order valence-corrected chi connectivity index (χ4v) is 5.53. The van der Waals surface area contributed by atoms with Crippen molar-refractivity contribution in [2.45, 2.75) is 45.0 Å². The molecule has 0 N–H and O–H groups in total. The number of halogens is 4. The number of piperidine rings is 1. The Bertz CT molecular complexity index is 1110. The molecular weight excluding hydrogens is 504 g/mol. The Morgan fingerprint density at radius 1 is 1.05 bits per heavy atom. The predicted octanol–water partition coefficient (Wildman–Crippen LogP) is 4.50. The molecule has 0 radical (unpaired) electrons. The Labute approximate surface area is 219 Å². The maximum atomic E-state index is 14.5. The normalized spacial score (nSPS) is 22.7. The molecule has 7 nitrogen and oxygen atoms in total. The zero-order valence-corrected chi connectivity index (χ0v) is 21.3. The van der Waals surface area contributed by atoms with Crippen LogP contribution in [0.1, 0.15) is 38.2 Å². The first kappa shape index (κ1) is 26.5. The molecule has 1 aromatic heterocycles. The van der Waals surface area contributed by atoms with Gasteiger partial charge in [-0.15, -0.1) is 0 Å². The van der Waals surface area contributed by atoms with Gasteiger partial charge in [0.15, 0.2) is 5.75 Å². The standard InChI is InChI=1S/C27H32F4N4O3/c1-2-37-20-13-32-26(33-14-20)34-6-3-17(4-7-34)21-9-18(21)5-8-38-19-10-23(28)22(24(29)11-19)12-25(36)35-15-27(30,31)16-35/h10-11,13-14,17-18,21H,2-9,12,15-16H2,1H3/t18-,21-/m1/s1. The summed E-state index contributed by atoms with van der Waals surface area (Å²) in [5, 5.41) is 0. The van der Waals surface area contributed by atoms with Gasteiger partial charge in [-0.1, -0.05) is 0 Å². The molecule has 2 aliphatic heterocycles. The number of hydrogen-bond acceptors (Lipinski definition) is 6. The first-order valence-corrected chi connectivity index (χ1v) is 13.2. The summed E-state index contributed by atoms with van der Waals surface area (Å²) in [6.45, 7) is 3.24. The molecule has 1 amide bonds. The summed E-state index contributed by atoms with van der Waals surface area (Å²) in [5.41, 5.74) is -0.429. The van der Waals surface area contributed by atoms with Gasteiger partial charge in [-0.2, -0.15) is 0 Å². The van der Waals surface area contributed by atoms with Crippen LogP contribution in [-0.4, -0.2) is 66.1 Å². The van der Waals surface area contributed by atoms with Crippen molar-refractivity contribution in [2.75, 3.05) is 44.3 Å². The summed E-state index contributed by atoms with van der Waals surface area (Å²) in [7, 11) is 0. The van der Waals surface area contributed by atoms with E-state index in [1.54, 1.807) is 12.4 Å². The van der Waals surface area contributed by atoms with Gasteiger partial charge in [-0.3, -0.25) is 4.79 Å². The Kier molecular flexibility index (Phi) is 7.63. The highest BCUT2D eigenvalue weighted by atomic mass is 19.3. The van der Waals surface area contributed by atoms with E-state index in [9.17, 15) is 22.4 Å². The molecule has 2 aromatic rings. The summed E-state index contributed by atoms with van der Waals surface area (Å²) in [4.78, 5) is 24.0. The highest BCUT2D eigenvalue weighted by Crippen LogP contribution is 2.50. The van der Waals surface area contributed by atoms with E-state index in [1.165, 1.54) is 0 Å². The van der Waals surface area contributed by atoms with Gasteiger partial charge in [-0.25, -0.2) is 27.5 Å². The van der Waals surface area contributed by atoms with Crippen LogP contribution < -0.4 is 14.4 Å². The minimum Gasteiger partial charge on any atom is -0.493 e. The Balaban J connectivity index is 1.03. The van der Waals surface area contributed by atoms with Crippen molar-refractivity contribution < 1.29 is 31.8 Å². The summed E-state index contributed by atoms with van der Waals surface area (Å²) < 4.78 is 65.8. The third-order valence-corrected chi connectivity index (χ3v) is 7.73. The van der Waals surface area contributed by atoms with Gasteiger partial charge < -0.3 is 19.3 Å². The highest BCUT2D eigenvalue weighted by molar-refractivity contribution is 5.80. The van der Waals surface area contributed by atoms with Crippen LogP contribution in [0, 0.1) is 29.4 Å². The fourth-order valence-electron chi connectivity index (χ4n) is 5.53. The zero-order valence-electron chi connectivity index (χ0n) is 21.3. The number of ether oxygens (including phenoxy) is 2. The summed E-state index contributed by atoms with van der Waals surface area (Å²) >= 11 is 0. The summed E-state index contributed by atoms with van der Waals surface area (Å²) in [6, 6.07) is 2.11. The quantitative estimate of drug-likeness (QED) is 0.417. The lowest BCUT2D eigenvalue weighted by Gasteiger charge is -2.38. The second kappa shape index (κ2) is 10.9. The number of carbonyl (C=O) groups is 1. The van der Waals surface area contributed by atoms with Crippen molar-refractivity contribution in [1.29, 1.82) is 0 Å². The number of aromatic nitrogens is 2. The maximum absolute atomic E-state index is 14.5. The number of anilines is 1. The van der Waals surface area contributed by atoms with E-state index in [1.807, 2.05) is 6.92 Å².